The van der Waals surface area contributed by atoms with E-state index < -0.39 is 0 Å². The summed E-state index contributed by atoms with van der Waals surface area (Å²) in [5.41, 5.74) is 18.2. The zero-order chi connectivity index (χ0) is 26.0. The Labute approximate surface area is 222 Å². The molecule has 186 valence electrons. The Morgan fingerprint density at radius 3 is 1.13 bits per heavy atom. The van der Waals surface area contributed by atoms with Gasteiger partial charge in [0, 0.05) is 44.3 Å². The molecule has 7 rings (SSSR count). The second-order valence-electron chi connectivity index (χ2n) is 10.3. The highest BCUT2D eigenvalue weighted by Gasteiger charge is 2.19. The first-order valence-corrected chi connectivity index (χ1v) is 13.5. The number of aromatic nitrogens is 4. The molecule has 2 aliphatic rings. The van der Waals surface area contributed by atoms with Crippen molar-refractivity contribution in [1.29, 1.82) is 0 Å². The van der Waals surface area contributed by atoms with Gasteiger partial charge >= 0.3 is 0 Å². The summed E-state index contributed by atoms with van der Waals surface area (Å²) >= 11 is 0. The highest BCUT2D eigenvalue weighted by Crippen LogP contribution is 2.39. The van der Waals surface area contributed by atoms with Gasteiger partial charge in [-0.3, -0.25) is 0 Å². The summed E-state index contributed by atoms with van der Waals surface area (Å²) < 4.78 is 0. The quantitative estimate of drug-likeness (QED) is 0.252. The minimum atomic E-state index is 0.942. The molecule has 0 fully saturated rings. The normalized spacial score (nSPS) is 11.9. The predicted molar refractivity (Wildman–Crippen MR) is 158 cm³/mol. The van der Waals surface area contributed by atoms with Gasteiger partial charge in [0.2, 0.25) is 0 Å². The van der Waals surface area contributed by atoms with E-state index in [1.807, 2.05) is 0 Å². The van der Waals surface area contributed by atoms with Crippen molar-refractivity contribution in [1.82, 2.24) is 19.9 Å². The SMILES string of the molecule is CCc1c(C)c2cc3nc(cc4[nH]c(cc5nc(cc1[nH]2)-c1ccccc1-5)c(CC)c4C)-c1ccccc1-3. The van der Waals surface area contributed by atoms with Gasteiger partial charge in [-0.1, -0.05) is 62.4 Å². The van der Waals surface area contributed by atoms with E-state index in [-0.39, 0.29) is 0 Å². The number of benzene rings is 2. The molecule has 2 aliphatic heterocycles. The molecule has 3 aromatic heterocycles. The van der Waals surface area contributed by atoms with Crippen LogP contribution < -0.4 is 0 Å². The van der Waals surface area contributed by atoms with Gasteiger partial charge in [-0.25, -0.2) is 9.97 Å². The van der Waals surface area contributed by atoms with E-state index in [4.69, 9.17) is 9.97 Å². The molecule has 0 spiro atoms. The Morgan fingerprint density at radius 1 is 0.500 bits per heavy atom. The lowest BCUT2D eigenvalue weighted by molar-refractivity contribution is 1.14. The summed E-state index contributed by atoms with van der Waals surface area (Å²) in [5.74, 6) is 0. The Bertz CT molecular complexity index is 1780. The number of aryl methyl sites for hydroxylation is 4. The van der Waals surface area contributed by atoms with E-state index in [1.54, 1.807) is 0 Å². The van der Waals surface area contributed by atoms with Crippen LogP contribution in [0.2, 0.25) is 0 Å². The van der Waals surface area contributed by atoms with Crippen molar-refractivity contribution in [3.63, 3.8) is 0 Å². The van der Waals surface area contributed by atoms with Crippen molar-refractivity contribution in [2.45, 2.75) is 40.5 Å². The van der Waals surface area contributed by atoms with E-state index in [0.29, 0.717) is 0 Å². The van der Waals surface area contributed by atoms with Crippen LogP contribution in [-0.2, 0) is 12.8 Å². The Balaban J connectivity index is 1.68. The second kappa shape index (κ2) is 8.56. The minimum Gasteiger partial charge on any atom is -0.355 e. The van der Waals surface area contributed by atoms with Crippen molar-refractivity contribution >= 4 is 22.1 Å². The van der Waals surface area contributed by atoms with Gasteiger partial charge in [0.05, 0.1) is 22.8 Å². The zero-order valence-corrected chi connectivity index (χ0v) is 22.2. The van der Waals surface area contributed by atoms with Crippen LogP contribution in [0.4, 0.5) is 0 Å². The standard InChI is InChI=1S/C34H30N4/c1-5-21-19(3)27-15-31-23-11-7-8-12-24(23)32(37-31)16-28-20(4)22(6-2)30(36-28)18-34-26-14-10-9-13-25(26)33(38-34)17-29(21)35-27/h7-18,35-36H,5-6H2,1-4H3. The average Bonchev–Trinajstić information content (AvgIpc) is 3.63. The molecule has 0 aliphatic carbocycles. The van der Waals surface area contributed by atoms with Crippen LogP contribution in [-0.4, -0.2) is 19.9 Å². The van der Waals surface area contributed by atoms with E-state index in [1.165, 1.54) is 44.5 Å². The fourth-order valence-corrected chi connectivity index (χ4v) is 6.15. The first-order valence-electron chi connectivity index (χ1n) is 13.5. The first kappa shape index (κ1) is 22.7. The van der Waals surface area contributed by atoms with Crippen molar-refractivity contribution in [2.75, 3.05) is 0 Å². The predicted octanol–water partition coefficient (Wildman–Crippen LogP) is 8.72. The van der Waals surface area contributed by atoms with Crippen molar-refractivity contribution in [2.24, 2.45) is 0 Å². The van der Waals surface area contributed by atoms with Crippen LogP contribution in [0.1, 0.15) is 36.1 Å². The number of nitrogens with zero attached hydrogens (tertiary/aromatic N) is 2. The average molecular weight is 495 g/mol. The number of H-pyrrole nitrogens is 2. The van der Waals surface area contributed by atoms with Crippen LogP contribution >= 0.6 is 0 Å². The third-order valence-corrected chi connectivity index (χ3v) is 8.17. The first-order chi connectivity index (χ1) is 18.6. The largest absolute Gasteiger partial charge is 0.355 e. The number of nitrogens with one attached hydrogen (secondary N) is 2. The summed E-state index contributed by atoms with van der Waals surface area (Å²) in [4.78, 5) is 17.8. The summed E-state index contributed by atoms with van der Waals surface area (Å²) in [7, 11) is 0. The van der Waals surface area contributed by atoms with E-state index >= 15 is 0 Å². The molecule has 38 heavy (non-hydrogen) atoms. The van der Waals surface area contributed by atoms with Gasteiger partial charge in [0.1, 0.15) is 0 Å². The van der Waals surface area contributed by atoms with Crippen LogP contribution in [0.15, 0.2) is 72.8 Å². The number of hydrogen-bond acceptors (Lipinski definition) is 2. The topological polar surface area (TPSA) is 57.4 Å². The number of rotatable bonds is 2. The molecule has 0 unspecified atom stereocenters. The van der Waals surface area contributed by atoms with E-state index in [9.17, 15) is 0 Å². The van der Waals surface area contributed by atoms with Crippen molar-refractivity contribution in [3.05, 3.63) is 95.1 Å². The van der Waals surface area contributed by atoms with Gasteiger partial charge in [0.15, 0.2) is 0 Å². The summed E-state index contributed by atoms with van der Waals surface area (Å²) in [6, 6.07) is 25.9. The molecule has 4 nitrogen and oxygen atoms in total. The Morgan fingerprint density at radius 2 is 0.816 bits per heavy atom. The summed E-state index contributed by atoms with van der Waals surface area (Å²) in [6.45, 7) is 8.85. The maximum atomic E-state index is 5.17. The monoisotopic (exact) mass is 494 g/mol. The zero-order valence-electron chi connectivity index (χ0n) is 22.2. The molecular formula is C34H30N4. The number of fused-ring (bicyclic) bond motifs is 14. The highest BCUT2D eigenvalue weighted by molar-refractivity contribution is 5.91. The molecule has 5 heterocycles. The lowest BCUT2D eigenvalue weighted by Crippen LogP contribution is -1.81. The molecule has 4 heteroatoms. The molecule has 0 amide bonds. The number of aromatic amines is 2. The maximum Gasteiger partial charge on any atom is 0.0737 e. The smallest absolute Gasteiger partial charge is 0.0737 e. The minimum absolute atomic E-state index is 0.942. The fourth-order valence-electron chi connectivity index (χ4n) is 6.15. The summed E-state index contributed by atoms with van der Waals surface area (Å²) in [5, 5.41) is 0. The molecule has 8 bridgehead atoms. The molecule has 0 saturated carbocycles. The third kappa shape index (κ3) is 3.37. The van der Waals surface area contributed by atoms with Gasteiger partial charge in [-0.05, 0) is 73.2 Å². The van der Waals surface area contributed by atoms with E-state index in [0.717, 1.165) is 57.7 Å². The molecule has 2 N–H and O–H groups in total. The molecule has 2 aromatic carbocycles. The second-order valence-corrected chi connectivity index (χ2v) is 10.3. The molecule has 0 saturated heterocycles. The molecular weight excluding hydrogens is 464 g/mol. The van der Waals surface area contributed by atoms with Crippen LogP contribution in [0.3, 0.4) is 0 Å². The van der Waals surface area contributed by atoms with Crippen molar-refractivity contribution in [3.8, 4) is 45.0 Å². The Kier molecular flexibility index (Phi) is 5.12. The van der Waals surface area contributed by atoms with Crippen LogP contribution in [0.5, 0.6) is 0 Å². The molecule has 5 aromatic rings. The highest BCUT2D eigenvalue weighted by atomic mass is 14.8. The maximum absolute atomic E-state index is 5.17. The van der Waals surface area contributed by atoms with Crippen LogP contribution in [0, 0.1) is 13.8 Å². The van der Waals surface area contributed by atoms with Gasteiger partial charge in [0.25, 0.3) is 0 Å². The molecule has 0 radical (unpaired) electrons. The van der Waals surface area contributed by atoms with E-state index in [2.05, 4.69) is 110 Å². The lowest BCUT2D eigenvalue weighted by atomic mass is 10.0. The third-order valence-electron chi connectivity index (χ3n) is 8.17. The van der Waals surface area contributed by atoms with Gasteiger partial charge in [-0.2, -0.15) is 0 Å². The fraction of sp³-hybridized carbons (Fsp3) is 0.176. The van der Waals surface area contributed by atoms with Crippen molar-refractivity contribution < 1.29 is 0 Å². The van der Waals surface area contributed by atoms with Gasteiger partial charge in [-0.15, -0.1) is 0 Å². The number of hydrogen-bond donors (Lipinski definition) is 2. The summed E-state index contributed by atoms with van der Waals surface area (Å²) in [6.07, 6.45) is 1.88. The van der Waals surface area contributed by atoms with Gasteiger partial charge < -0.3 is 9.97 Å². The lowest BCUT2D eigenvalue weighted by Gasteiger charge is -1.99. The van der Waals surface area contributed by atoms with Crippen LogP contribution in [0.25, 0.3) is 67.1 Å². The Hall–Kier alpha value is -4.44. The molecule has 0 atom stereocenters.